The number of rotatable bonds is 3. The standard InChI is InChI=1S/C12H17BrN2/c1-2-14-11-6-5-10(13)9-12(11)15-7-3-4-8-15/h5-6,9,14H,2-4,7-8H2,1H3. The second kappa shape index (κ2) is 4.88. The molecule has 0 radical (unpaired) electrons. The molecule has 1 saturated heterocycles. The maximum absolute atomic E-state index is 3.54. The van der Waals surface area contributed by atoms with E-state index in [0.717, 1.165) is 11.0 Å². The zero-order valence-corrected chi connectivity index (χ0v) is 10.7. The first-order valence-corrected chi connectivity index (χ1v) is 6.39. The molecule has 1 aliphatic rings. The van der Waals surface area contributed by atoms with Crippen molar-refractivity contribution in [2.45, 2.75) is 19.8 Å². The van der Waals surface area contributed by atoms with Gasteiger partial charge >= 0.3 is 0 Å². The van der Waals surface area contributed by atoms with Crippen molar-refractivity contribution in [3.8, 4) is 0 Å². The van der Waals surface area contributed by atoms with Gasteiger partial charge in [-0.1, -0.05) is 15.9 Å². The zero-order chi connectivity index (χ0) is 10.7. The lowest BCUT2D eigenvalue weighted by Crippen LogP contribution is -2.19. The summed E-state index contributed by atoms with van der Waals surface area (Å²) in [6, 6.07) is 6.46. The summed E-state index contributed by atoms with van der Waals surface area (Å²) in [5.41, 5.74) is 2.59. The maximum Gasteiger partial charge on any atom is 0.0613 e. The molecule has 15 heavy (non-hydrogen) atoms. The molecule has 1 aromatic carbocycles. The van der Waals surface area contributed by atoms with Gasteiger partial charge in [-0.2, -0.15) is 0 Å². The zero-order valence-electron chi connectivity index (χ0n) is 9.09. The lowest BCUT2D eigenvalue weighted by atomic mass is 10.2. The van der Waals surface area contributed by atoms with Crippen LogP contribution < -0.4 is 10.2 Å². The van der Waals surface area contributed by atoms with Gasteiger partial charge in [0.05, 0.1) is 11.4 Å². The lowest BCUT2D eigenvalue weighted by molar-refractivity contribution is 0.949. The van der Waals surface area contributed by atoms with Crippen LogP contribution in [0.25, 0.3) is 0 Å². The van der Waals surface area contributed by atoms with E-state index in [0.29, 0.717) is 0 Å². The second-order valence-electron chi connectivity index (χ2n) is 3.89. The van der Waals surface area contributed by atoms with Crippen LogP contribution in [0.3, 0.4) is 0 Å². The van der Waals surface area contributed by atoms with Gasteiger partial charge in [0, 0.05) is 24.1 Å². The molecule has 0 amide bonds. The summed E-state index contributed by atoms with van der Waals surface area (Å²) < 4.78 is 1.16. The summed E-state index contributed by atoms with van der Waals surface area (Å²) in [6.45, 7) is 5.49. The van der Waals surface area contributed by atoms with Gasteiger partial charge in [0.25, 0.3) is 0 Å². The van der Waals surface area contributed by atoms with Gasteiger partial charge in [0.2, 0.25) is 0 Å². The van der Waals surface area contributed by atoms with Crippen molar-refractivity contribution >= 4 is 27.3 Å². The van der Waals surface area contributed by atoms with E-state index in [1.807, 2.05) is 0 Å². The van der Waals surface area contributed by atoms with Crippen molar-refractivity contribution in [1.82, 2.24) is 0 Å². The minimum Gasteiger partial charge on any atom is -0.384 e. The van der Waals surface area contributed by atoms with Crippen LogP contribution in [-0.2, 0) is 0 Å². The van der Waals surface area contributed by atoms with Crippen molar-refractivity contribution in [2.75, 3.05) is 29.9 Å². The van der Waals surface area contributed by atoms with Crippen molar-refractivity contribution in [2.24, 2.45) is 0 Å². The minimum absolute atomic E-state index is 0.975. The number of hydrogen-bond acceptors (Lipinski definition) is 2. The first-order chi connectivity index (χ1) is 7.31. The Labute approximate surface area is 99.8 Å². The molecule has 2 nitrogen and oxygen atoms in total. The summed E-state index contributed by atoms with van der Waals surface area (Å²) in [5, 5.41) is 3.42. The van der Waals surface area contributed by atoms with Crippen molar-refractivity contribution in [1.29, 1.82) is 0 Å². The van der Waals surface area contributed by atoms with E-state index in [9.17, 15) is 0 Å². The van der Waals surface area contributed by atoms with Crippen LogP contribution >= 0.6 is 15.9 Å². The van der Waals surface area contributed by atoms with Gasteiger partial charge in [-0.25, -0.2) is 0 Å². The SMILES string of the molecule is CCNc1ccc(Br)cc1N1CCCC1. The Bertz CT molecular complexity index is 332. The van der Waals surface area contributed by atoms with E-state index < -0.39 is 0 Å². The molecule has 0 aliphatic carbocycles. The summed E-state index contributed by atoms with van der Waals surface area (Å²) in [6.07, 6.45) is 2.64. The van der Waals surface area contributed by atoms with E-state index in [-0.39, 0.29) is 0 Å². The fraction of sp³-hybridized carbons (Fsp3) is 0.500. The molecule has 1 aliphatic heterocycles. The fourth-order valence-corrected chi connectivity index (χ4v) is 2.41. The van der Waals surface area contributed by atoms with Crippen LogP contribution in [0.2, 0.25) is 0 Å². The minimum atomic E-state index is 0.975. The molecule has 2 rings (SSSR count). The van der Waals surface area contributed by atoms with Crippen molar-refractivity contribution in [3.05, 3.63) is 22.7 Å². The molecule has 1 aromatic rings. The Morgan fingerprint density at radius 3 is 2.73 bits per heavy atom. The fourth-order valence-electron chi connectivity index (χ4n) is 2.06. The molecule has 0 bridgehead atoms. The highest BCUT2D eigenvalue weighted by Gasteiger charge is 2.15. The van der Waals surface area contributed by atoms with Crippen molar-refractivity contribution < 1.29 is 0 Å². The number of nitrogens with zero attached hydrogens (tertiary/aromatic N) is 1. The Hall–Kier alpha value is -0.700. The number of nitrogens with one attached hydrogen (secondary N) is 1. The molecule has 0 saturated carbocycles. The summed E-state index contributed by atoms with van der Waals surface area (Å²) in [5.74, 6) is 0. The largest absolute Gasteiger partial charge is 0.384 e. The molecular weight excluding hydrogens is 252 g/mol. The topological polar surface area (TPSA) is 15.3 Å². The quantitative estimate of drug-likeness (QED) is 0.903. The number of anilines is 2. The Kier molecular flexibility index (Phi) is 3.52. The van der Waals surface area contributed by atoms with Crippen LogP contribution in [0, 0.1) is 0 Å². The molecule has 0 aromatic heterocycles. The average Bonchev–Trinajstić information content (AvgIpc) is 2.74. The Morgan fingerprint density at radius 2 is 2.07 bits per heavy atom. The van der Waals surface area contributed by atoms with Crippen LogP contribution in [0.5, 0.6) is 0 Å². The Morgan fingerprint density at radius 1 is 1.33 bits per heavy atom. The van der Waals surface area contributed by atoms with Gasteiger partial charge in [0.15, 0.2) is 0 Å². The van der Waals surface area contributed by atoms with Gasteiger partial charge in [-0.15, -0.1) is 0 Å². The summed E-state index contributed by atoms with van der Waals surface area (Å²) >= 11 is 3.54. The summed E-state index contributed by atoms with van der Waals surface area (Å²) in [7, 11) is 0. The Balaban J connectivity index is 2.28. The number of hydrogen-bond donors (Lipinski definition) is 1. The van der Waals surface area contributed by atoms with Crippen LogP contribution in [0.1, 0.15) is 19.8 Å². The predicted octanol–water partition coefficient (Wildman–Crippen LogP) is 3.48. The van der Waals surface area contributed by atoms with E-state index in [1.54, 1.807) is 0 Å². The van der Waals surface area contributed by atoms with Crippen LogP contribution in [0.15, 0.2) is 22.7 Å². The third-order valence-electron chi connectivity index (χ3n) is 2.77. The van der Waals surface area contributed by atoms with Gasteiger partial charge in [-0.05, 0) is 38.0 Å². The monoisotopic (exact) mass is 268 g/mol. The third-order valence-corrected chi connectivity index (χ3v) is 3.27. The van der Waals surface area contributed by atoms with Crippen LogP contribution in [0.4, 0.5) is 11.4 Å². The van der Waals surface area contributed by atoms with E-state index in [1.165, 1.54) is 37.3 Å². The highest BCUT2D eigenvalue weighted by Crippen LogP contribution is 2.31. The second-order valence-corrected chi connectivity index (χ2v) is 4.80. The lowest BCUT2D eigenvalue weighted by Gasteiger charge is -2.22. The molecule has 1 N–H and O–H groups in total. The number of halogens is 1. The van der Waals surface area contributed by atoms with E-state index in [2.05, 4.69) is 51.3 Å². The molecule has 3 heteroatoms. The van der Waals surface area contributed by atoms with E-state index in [4.69, 9.17) is 0 Å². The molecular formula is C12H17BrN2. The highest BCUT2D eigenvalue weighted by atomic mass is 79.9. The molecule has 1 fully saturated rings. The van der Waals surface area contributed by atoms with Gasteiger partial charge in [0.1, 0.15) is 0 Å². The van der Waals surface area contributed by atoms with E-state index >= 15 is 0 Å². The van der Waals surface area contributed by atoms with Gasteiger partial charge in [-0.3, -0.25) is 0 Å². The van der Waals surface area contributed by atoms with Crippen molar-refractivity contribution in [3.63, 3.8) is 0 Å². The maximum atomic E-state index is 3.54. The first kappa shape index (κ1) is 10.8. The van der Waals surface area contributed by atoms with Gasteiger partial charge < -0.3 is 10.2 Å². The smallest absolute Gasteiger partial charge is 0.0613 e. The first-order valence-electron chi connectivity index (χ1n) is 5.59. The highest BCUT2D eigenvalue weighted by molar-refractivity contribution is 9.10. The molecule has 82 valence electrons. The molecule has 0 unspecified atom stereocenters. The summed E-state index contributed by atoms with van der Waals surface area (Å²) in [4.78, 5) is 2.46. The predicted molar refractivity (Wildman–Crippen MR) is 69.8 cm³/mol. The molecule has 1 heterocycles. The molecule has 0 atom stereocenters. The normalized spacial score (nSPS) is 15.7. The van der Waals surface area contributed by atoms with Crippen LogP contribution in [-0.4, -0.2) is 19.6 Å². The molecule has 0 spiro atoms. The third kappa shape index (κ3) is 2.46. The number of benzene rings is 1. The average molecular weight is 269 g/mol.